The van der Waals surface area contributed by atoms with Gasteiger partial charge in [-0.25, -0.2) is 15.0 Å². The average molecular weight is 288 g/mol. The molecule has 1 fully saturated rings. The first-order valence-corrected chi connectivity index (χ1v) is 6.87. The number of oxazole rings is 1. The molecule has 2 aromatic rings. The highest BCUT2D eigenvalue weighted by Gasteiger charge is 2.27. The summed E-state index contributed by atoms with van der Waals surface area (Å²) < 4.78 is 5.58. The Bertz CT molecular complexity index is 634. The van der Waals surface area contributed by atoms with E-state index in [0.29, 0.717) is 22.7 Å². The average Bonchev–Trinajstić information content (AvgIpc) is 3.27. The Kier molecular flexibility index (Phi) is 3.57. The summed E-state index contributed by atoms with van der Waals surface area (Å²) >= 11 is 0. The number of carbonyl (C=O) groups excluding carboxylic acids is 1. The Hall–Kier alpha value is -2.41. The number of anilines is 2. The van der Waals surface area contributed by atoms with Crippen molar-refractivity contribution < 1.29 is 14.4 Å². The van der Waals surface area contributed by atoms with Crippen LogP contribution in [0.4, 0.5) is 11.7 Å². The molecule has 0 spiro atoms. The molecule has 0 aliphatic heterocycles. The van der Waals surface area contributed by atoms with Gasteiger partial charge in [0, 0.05) is 12.5 Å². The first kappa shape index (κ1) is 13.6. The lowest BCUT2D eigenvalue weighted by Crippen LogP contribution is -2.27. The van der Waals surface area contributed by atoms with E-state index in [-0.39, 0.29) is 12.2 Å². The van der Waals surface area contributed by atoms with Crippen molar-refractivity contribution in [2.24, 2.45) is 0 Å². The Labute approximate surface area is 121 Å². The van der Waals surface area contributed by atoms with Crippen molar-refractivity contribution in [1.29, 1.82) is 0 Å². The number of pyridine rings is 1. The summed E-state index contributed by atoms with van der Waals surface area (Å²) in [6, 6.07) is 3.63. The van der Waals surface area contributed by atoms with E-state index in [2.05, 4.69) is 15.3 Å². The van der Waals surface area contributed by atoms with Gasteiger partial charge in [0.1, 0.15) is 11.5 Å². The van der Waals surface area contributed by atoms with E-state index in [4.69, 9.17) is 4.42 Å². The van der Waals surface area contributed by atoms with Gasteiger partial charge in [-0.15, -0.1) is 0 Å². The van der Waals surface area contributed by atoms with Crippen LogP contribution in [0.1, 0.15) is 41.9 Å². The molecule has 0 aromatic carbocycles. The van der Waals surface area contributed by atoms with Gasteiger partial charge < -0.3 is 9.73 Å². The molecule has 1 amide bonds. The van der Waals surface area contributed by atoms with Crippen molar-refractivity contribution in [3.8, 4) is 0 Å². The lowest BCUT2D eigenvalue weighted by atomic mass is 10.3. The summed E-state index contributed by atoms with van der Waals surface area (Å²) in [5, 5.41) is 13.0. The molecule has 0 unspecified atom stereocenters. The van der Waals surface area contributed by atoms with Crippen molar-refractivity contribution in [3.63, 3.8) is 0 Å². The van der Waals surface area contributed by atoms with E-state index in [0.717, 1.165) is 18.6 Å². The minimum Gasteiger partial charge on any atom is -0.428 e. The van der Waals surface area contributed by atoms with Gasteiger partial charge in [0.05, 0.1) is 18.1 Å². The number of hydrogen-bond donors (Lipinski definition) is 2. The van der Waals surface area contributed by atoms with Crippen molar-refractivity contribution in [3.05, 3.63) is 36.0 Å². The Morgan fingerprint density at radius 1 is 1.43 bits per heavy atom. The summed E-state index contributed by atoms with van der Waals surface area (Å²) in [6.07, 6.45) is 5.54. The molecular weight excluding hydrogens is 272 g/mol. The van der Waals surface area contributed by atoms with Crippen LogP contribution in [0, 0.1) is 0 Å². The van der Waals surface area contributed by atoms with Gasteiger partial charge >= 0.3 is 0 Å². The van der Waals surface area contributed by atoms with Crippen LogP contribution in [-0.4, -0.2) is 32.7 Å². The predicted octanol–water partition coefficient (Wildman–Crippen LogP) is 2.54. The maximum absolute atomic E-state index is 11.7. The normalized spacial score (nSPS) is 14.0. The summed E-state index contributed by atoms with van der Waals surface area (Å²) in [5.74, 6) is 0.878. The lowest BCUT2D eigenvalue weighted by molar-refractivity contribution is -0.0545. The summed E-state index contributed by atoms with van der Waals surface area (Å²) in [4.78, 5) is 19.9. The molecule has 1 aliphatic carbocycles. The largest absolute Gasteiger partial charge is 0.428 e. The first-order chi connectivity index (χ1) is 10.2. The fourth-order valence-electron chi connectivity index (χ4n) is 1.89. The molecule has 1 saturated carbocycles. The Morgan fingerprint density at radius 2 is 2.24 bits per heavy atom. The van der Waals surface area contributed by atoms with Gasteiger partial charge in [-0.05, 0) is 31.9 Å². The third-order valence-electron chi connectivity index (χ3n) is 3.27. The zero-order chi connectivity index (χ0) is 14.8. The van der Waals surface area contributed by atoms with Crippen LogP contribution in [0.2, 0.25) is 0 Å². The van der Waals surface area contributed by atoms with Gasteiger partial charge in [-0.2, -0.15) is 0 Å². The molecule has 1 aliphatic rings. The number of nitrogens with one attached hydrogen (secondary N) is 1. The number of hydrogen-bond acceptors (Lipinski definition) is 6. The van der Waals surface area contributed by atoms with Crippen LogP contribution in [0.25, 0.3) is 0 Å². The van der Waals surface area contributed by atoms with Crippen molar-refractivity contribution in [2.45, 2.75) is 25.7 Å². The molecule has 2 heterocycles. The summed E-state index contributed by atoms with van der Waals surface area (Å²) in [7, 11) is 0. The molecule has 7 heteroatoms. The van der Waals surface area contributed by atoms with Crippen molar-refractivity contribution in [2.75, 3.05) is 11.9 Å². The highest BCUT2D eigenvalue weighted by Crippen LogP contribution is 2.40. The molecule has 0 saturated heterocycles. The maximum Gasteiger partial charge on any atom is 0.299 e. The Balaban J connectivity index is 1.67. The van der Waals surface area contributed by atoms with E-state index in [1.165, 1.54) is 12.3 Å². The highest BCUT2D eigenvalue weighted by atomic mass is 16.5. The molecule has 0 atom stereocenters. The molecule has 7 nitrogen and oxygen atoms in total. The third kappa shape index (κ3) is 3.03. The molecule has 0 radical (unpaired) electrons. The van der Waals surface area contributed by atoms with E-state index in [1.54, 1.807) is 19.2 Å². The van der Waals surface area contributed by atoms with Gasteiger partial charge in [0.15, 0.2) is 0 Å². The van der Waals surface area contributed by atoms with Gasteiger partial charge in [-0.3, -0.25) is 10.0 Å². The molecule has 21 heavy (non-hydrogen) atoms. The lowest BCUT2D eigenvalue weighted by Gasteiger charge is -2.11. The fourth-order valence-corrected chi connectivity index (χ4v) is 1.89. The van der Waals surface area contributed by atoms with E-state index >= 15 is 0 Å². The number of hydroxylamine groups is 2. The molecule has 110 valence electrons. The zero-order valence-electron chi connectivity index (χ0n) is 11.6. The monoisotopic (exact) mass is 288 g/mol. The first-order valence-electron chi connectivity index (χ1n) is 6.87. The summed E-state index contributed by atoms with van der Waals surface area (Å²) in [6.45, 7) is 1.88. The number of aromatic nitrogens is 2. The van der Waals surface area contributed by atoms with Crippen LogP contribution < -0.4 is 5.32 Å². The maximum atomic E-state index is 11.7. The summed E-state index contributed by atoms with van der Waals surface area (Å²) in [5.41, 5.74) is 0.840. The number of rotatable bonds is 5. The highest BCUT2D eigenvalue weighted by molar-refractivity contribution is 5.91. The third-order valence-corrected chi connectivity index (χ3v) is 3.27. The minimum atomic E-state index is -0.531. The van der Waals surface area contributed by atoms with Crippen LogP contribution in [0.3, 0.4) is 0 Å². The predicted molar refractivity (Wildman–Crippen MR) is 74.5 cm³/mol. The SMILES string of the molecule is CCN(O)C(=O)c1ccc(Nc2ncc(C3CC3)o2)cn1. The topological polar surface area (TPSA) is 91.5 Å². The number of nitrogens with zero attached hydrogens (tertiary/aromatic N) is 3. The van der Waals surface area contributed by atoms with Gasteiger partial charge in [0.2, 0.25) is 0 Å². The second kappa shape index (κ2) is 5.53. The second-order valence-corrected chi connectivity index (χ2v) is 4.92. The van der Waals surface area contributed by atoms with Crippen LogP contribution in [0.15, 0.2) is 28.9 Å². The van der Waals surface area contributed by atoms with Crippen LogP contribution in [-0.2, 0) is 0 Å². The van der Waals surface area contributed by atoms with E-state index in [1.807, 2.05) is 0 Å². The molecular formula is C14H16N4O3. The van der Waals surface area contributed by atoms with E-state index in [9.17, 15) is 10.0 Å². The van der Waals surface area contributed by atoms with Gasteiger partial charge in [0.25, 0.3) is 11.9 Å². The quantitative estimate of drug-likeness (QED) is 0.649. The van der Waals surface area contributed by atoms with Crippen LogP contribution >= 0.6 is 0 Å². The van der Waals surface area contributed by atoms with Gasteiger partial charge in [-0.1, -0.05) is 0 Å². The smallest absolute Gasteiger partial charge is 0.299 e. The zero-order valence-corrected chi connectivity index (χ0v) is 11.6. The molecule has 3 rings (SSSR count). The van der Waals surface area contributed by atoms with E-state index < -0.39 is 5.91 Å². The van der Waals surface area contributed by atoms with Crippen molar-refractivity contribution >= 4 is 17.6 Å². The molecule has 2 aromatic heterocycles. The van der Waals surface area contributed by atoms with Crippen molar-refractivity contribution in [1.82, 2.24) is 15.0 Å². The second-order valence-electron chi connectivity index (χ2n) is 4.92. The fraction of sp³-hybridized carbons (Fsp3) is 0.357. The number of amides is 1. The molecule has 0 bridgehead atoms. The number of carbonyl (C=O) groups is 1. The van der Waals surface area contributed by atoms with Crippen LogP contribution in [0.5, 0.6) is 0 Å². The Morgan fingerprint density at radius 3 is 2.86 bits per heavy atom. The standard InChI is InChI=1S/C14H16N4O3/c1-2-18(20)13(19)11-6-5-10(7-15-11)17-14-16-8-12(21-14)9-3-4-9/h5-9,20H,2-4H2,1H3,(H,16,17). The minimum absolute atomic E-state index is 0.177. The molecule has 2 N–H and O–H groups in total.